The molecule has 2 N–H and O–H groups in total. The summed E-state index contributed by atoms with van der Waals surface area (Å²) in [7, 11) is 1.52. The smallest absolute Gasteiger partial charge is 0.306 e. The van der Waals surface area contributed by atoms with E-state index in [0.717, 1.165) is 9.35 Å². The van der Waals surface area contributed by atoms with Crippen LogP contribution in [0.5, 0.6) is 5.75 Å². The maximum Gasteiger partial charge on any atom is 0.306 e. The Labute approximate surface area is 123 Å². The minimum atomic E-state index is -0.794. The molecule has 19 heavy (non-hydrogen) atoms. The second kappa shape index (κ2) is 5.50. The maximum absolute atomic E-state index is 12.1. The lowest BCUT2D eigenvalue weighted by atomic mass is 9.80. The zero-order valence-corrected chi connectivity index (χ0v) is 12.9. The van der Waals surface area contributed by atoms with Gasteiger partial charge in [-0.05, 0) is 35.7 Å². The lowest BCUT2D eigenvalue weighted by Crippen LogP contribution is -2.46. The van der Waals surface area contributed by atoms with Crippen molar-refractivity contribution < 1.29 is 19.4 Å². The van der Waals surface area contributed by atoms with Gasteiger partial charge in [-0.1, -0.05) is 0 Å². The summed E-state index contributed by atoms with van der Waals surface area (Å²) in [5.41, 5.74) is 0. The summed E-state index contributed by atoms with van der Waals surface area (Å²) < 4.78 is 6.01. The molecule has 1 aromatic rings. The minimum absolute atomic E-state index is 0.0560. The molecule has 2 rings (SSSR count). The summed E-state index contributed by atoms with van der Waals surface area (Å²) in [4.78, 5) is 24.3. The van der Waals surface area contributed by atoms with E-state index in [1.807, 2.05) is 6.92 Å². The van der Waals surface area contributed by atoms with Crippen molar-refractivity contribution in [2.24, 2.45) is 5.92 Å². The van der Waals surface area contributed by atoms with Crippen molar-refractivity contribution in [1.82, 2.24) is 5.32 Å². The van der Waals surface area contributed by atoms with E-state index in [2.05, 4.69) is 21.2 Å². The largest absolute Gasteiger partial charge is 0.494 e. The van der Waals surface area contributed by atoms with Gasteiger partial charge in [-0.3, -0.25) is 9.59 Å². The van der Waals surface area contributed by atoms with Crippen LogP contribution in [0.4, 0.5) is 0 Å². The van der Waals surface area contributed by atoms with Gasteiger partial charge < -0.3 is 15.2 Å². The van der Waals surface area contributed by atoms with Gasteiger partial charge in [0.15, 0.2) is 5.75 Å². The molecule has 0 atom stereocenters. The van der Waals surface area contributed by atoms with Crippen LogP contribution >= 0.6 is 27.3 Å². The molecular formula is C12H14BrNO4S. The zero-order chi connectivity index (χ0) is 14.2. The van der Waals surface area contributed by atoms with Gasteiger partial charge in [0.1, 0.15) is 4.88 Å². The van der Waals surface area contributed by atoms with Crippen LogP contribution in [0.2, 0.25) is 0 Å². The number of hydrogen-bond acceptors (Lipinski definition) is 4. The Hall–Kier alpha value is -1.08. The second-order valence-electron chi connectivity index (χ2n) is 4.51. The lowest BCUT2D eigenvalue weighted by Gasteiger charge is -2.32. The number of carboxylic acids is 1. The number of ether oxygens (including phenoxy) is 1. The Morgan fingerprint density at radius 2 is 2.11 bits per heavy atom. The molecule has 0 aromatic carbocycles. The number of rotatable bonds is 4. The molecule has 1 heterocycles. The maximum atomic E-state index is 12.1. The van der Waals surface area contributed by atoms with E-state index < -0.39 is 5.97 Å². The molecular weight excluding hydrogens is 334 g/mol. The molecule has 104 valence electrons. The minimum Gasteiger partial charge on any atom is -0.494 e. The number of carbonyl (C=O) groups excluding carboxylic acids is 1. The highest BCUT2D eigenvalue weighted by molar-refractivity contribution is 9.10. The predicted octanol–water partition coefficient (Wildman–Crippen LogP) is 2.42. The number of aryl methyl sites for hydroxylation is 1. The fourth-order valence-corrected chi connectivity index (χ4v) is 3.68. The Morgan fingerprint density at radius 3 is 2.63 bits per heavy atom. The molecule has 1 amide bonds. The van der Waals surface area contributed by atoms with Crippen LogP contribution in [-0.4, -0.2) is 30.1 Å². The molecule has 0 bridgehead atoms. The highest BCUT2D eigenvalue weighted by atomic mass is 79.9. The van der Waals surface area contributed by atoms with Crippen LogP contribution < -0.4 is 10.1 Å². The van der Waals surface area contributed by atoms with Gasteiger partial charge in [0.25, 0.3) is 5.91 Å². The van der Waals surface area contributed by atoms with Crippen molar-refractivity contribution in [1.29, 1.82) is 0 Å². The molecule has 1 fully saturated rings. The van der Waals surface area contributed by atoms with Crippen LogP contribution in [-0.2, 0) is 4.79 Å². The molecule has 0 saturated heterocycles. The normalized spacial score (nSPS) is 21.6. The average molecular weight is 348 g/mol. The standard InChI is InChI=1S/C12H14BrNO4S/c1-5-8(13)9(18-2)10(19-5)11(15)14-7-3-6(4-7)12(16)17/h6-7H,3-4H2,1-2H3,(H,14,15)(H,16,17). The number of methoxy groups -OCH3 is 1. The Bertz CT molecular complexity index is 522. The molecule has 0 unspecified atom stereocenters. The number of thiophene rings is 1. The lowest BCUT2D eigenvalue weighted by molar-refractivity contribution is -0.145. The summed E-state index contributed by atoms with van der Waals surface area (Å²) in [6.45, 7) is 1.90. The quantitative estimate of drug-likeness (QED) is 0.876. The van der Waals surface area contributed by atoms with Gasteiger partial charge in [-0.2, -0.15) is 0 Å². The number of carboxylic acid groups (broad SMARTS) is 1. The zero-order valence-electron chi connectivity index (χ0n) is 10.5. The van der Waals surface area contributed by atoms with E-state index >= 15 is 0 Å². The van der Waals surface area contributed by atoms with E-state index in [0.29, 0.717) is 23.5 Å². The topological polar surface area (TPSA) is 75.6 Å². The van der Waals surface area contributed by atoms with Crippen molar-refractivity contribution in [2.75, 3.05) is 7.11 Å². The van der Waals surface area contributed by atoms with Gasteiger partial charge in [0.05, 0.1) is 17.5 Å². The fraction of sp³-hybridized carbons (Fsp3) is 0.500. The number of amides is 1. The third kappa shape index (κ3) is 2.76. The highest BCUT2D eigenvalue weighted by Crippen LogP contribution is 2.39. The highest BCUT2D eigenvalue weighted by Gasteiger charge is 2.36. The molecule has 1 aliphatic rings. The first-order valence-electron chi connectivity index (χ1n) is 5.80. The summed E-state index contributed by atoms with van der Waals surface area (Å²) in [5.74, 6) is -0.791. The van der Waals surface area contributed by atoms with Crippen molar-refractivity contribution in [3.8, 4) is 5.75 Å². The molecule has 5 nitrogen and oxygen atoms in total. The number of aliphatic carboxylic acids is 1. The first-order valence-corrected chi connectivity index (χ1v) is 7.41. The van der Waals surface area contributed by atoms with E-state index in [9.17, 15) is 9.59 Å². The fourth-order valence-electron chi connectivity index (χ4n) is 2.02. The monoisotopic (exact) mass is 347 g/mol. The number of nitrogens with one attached hydrogen (secondary N) is 1. The third-order valence-electron chi connectivity index (χ3n) is 3.20. The number of hydrogen-bond donors (Lipinski definition) is 2. The molecule has 0 aliphatic heterocycles. The molecule has 1 aliphatic carbocycles. The van der Waals surface area contributed by atoms with Gasteiger partial charge in [0, 0.05) is 10.9 Å². The Balaban J connectivity index is 2.02. The Kier molecular flexibility index (Phi) is 4.15. The SMILES string of the molecule is COc1c(C(=O)NC2CC(C(=O)O)C2)sc(C)c1Br. The van der Waals surface area contributed by atoms with Crippen LogP contribution in [0.15, 0.2) is 4.47 Å². The average Bonchev–Trinajstić information content (AvgIpc) is 2.58. The summed E-state index contributed by atoms with van der Waals surface area (Å²) in [5, 5.41) is 11.6. The summed E-state index contributed by atoms with van der Waals surface area (Å²) in [6, 6.07) is -0.0560. The number of halogens is 1. The van der Waals surface area contributed by atoms with Crippen LogP contribution in [0.1, 0.15) is 27.4 Å². The van der Waals surface area contributed by atoms with Crippen LogP contribution in [0.3, 0.4) is 0 Å². The van der Waals surface area contributed by atoms with Crippen molar-refractivity contribution in [3.63, 3.8) is 0 Å². The predicted molar refractivity (Wildman–Crippen MR) is 74.9 cm³/mol. The van der Waals surface area contributed by atoms with Crippen LogP contribution in [0.25, 0.3) is 0 Å². The van der Waals surface area contributed by atoms with E-state index in [4.69, 9.17) is 9.84 Å². The van der Waals surface area contributed by atoms with Gasteiger partial charge in [-0.15, -0.1) is 11.3 Å². The summed E-state index contributed by atoms with van der Waals surface area (Å²) >= 11 is 4.74. The van der Waals surface area contributed by atoms with Gasteiger partial charge in [-0.25, -0.2) is 0 Å². The van der Waals surface area contributed by atoms with Crippen molar-refractivity contribution in [2.45, 2.75) is 25.8 Å². The van der Waals surface area contributed by atoms with Crippen molar-refractivity contribution in [3.05, 3.63) is 14.2 Å². The molecule has 7 heteroatoms. The van der Waals surface area contributed by atoms with Gasteiger partial charge in [0.2, 0.25) is 0 Å². The van der Waals surface area contributed by atoms with E-state index in [1.54, 1.807) is 0 Å². The first-order chi connectivity index (χ1) is 8.93. The van der Waals surface area contributed by atoms with E-state index in [1.165, 1.54) is 18.4 Å². The molecule has 1 saturated carbocycles. The Morgan fingerprint density at radius 1 is 1.47 bits per heavy atom. The van der Waals surface area contributed by atoms with E-state index in [-0.39, 0.29) is 17.9 Å². The molecule has 0 spiro atoms. The van der Waals surface area contributed by atoms with Crippen LogP contribution in [0, 0.1) is 12.8 Å². The van der Waals surface area contributed by atoms with Gasteiger partial charge >= 0.3 is 5.97 Å². The molecule has 1 aromatic heterocycles. The number of carbonyl (C=O) groups is 2. The summed E-state index contributed by atoms with van der Waals surface area (Å²) in [6.07, 6.45) is 0.990. The molecule has 0 radical (unpaired) electrons. The first kappa shape index (κ1) is 14.3. The third-order valence-corrected chi connectivity index (χ3v) is 5.51. The van der Waals surface area contributed by atoms with Crippen molar-refractivity contribution >= 4 is 39.1 Å². The second-order valence-corrected chi connectivity index (χ2v) is 6.53.